The third-order valence-corrected chi connectivity index (χ3v) is 5.04. The summed E-state index contributed by atoms with van der Waals surface area (Å²) >= 11 is 9.03. The highest BCUT2D eigenvalue weighted by Gasteiger charge is 2.19. The first kappa shape index (κ1) is 15.4. The summed E-state index contributed by atoms with van der Waals surface area (Å²) < 4.78 is 27.5. The molecule has 1 aromatic heterocycles. The van der Waals surface area contributed by atoms with Gasteiger partial charge in [-0.1, -0.05) is 35.9 Å². The van der Waals surface area contributed by atoms with Crippen LogP contribution in [0.1, 0.15) is 11.1 Å². The summed E-state index contributed by atoms with van der Waals surface area (Å²) in [5, 5.41) is -0.0505. The van der Waals surface area contributed by atoms with E-state index in [4.69, 9.17) is 11.6 Å². The molecule has 106 valence electrons. The summed E-state index contributed by atoms with van der Waals surface area (Å²) in [6.45, 7) is 2.13. The Morgan fingerprint density at radius 2 is 2.05 bits per heavy atom. The highest BCUT2D eigenvalue weighted by Crippen LogP contribution is 2.22. The molecule has 20 heavy (non-hydrogen) atoms. The fourth-order valence-corrected chi connectivity index (χ4v) is 3.60. The minimum Gasteiger partial charge on any atom is -0.242 e. The zero-order chi connectivity index (χ0) is 14.8. The number of nitrogens with one attached hydrogen (secondary N) is 1. The van der Waals surface area contributed by atoms with Crippen LogP contribution in [0.4, 0.5) is 0 Å². The van der Waals surface area contributed by atoms with E-state index in [1.807, 2.05) is 31.2 Å². The molecule has 0 bridgehead atoms. The van der Waals surface area contributed by atoms with Gasteiger partial charge >= 0.3 is 0 Å². The molecular weight excluding hydrogens is 364 g/mol. The van der Waals surface area contributed by atoms with Gasteiger partial charge in [-0.15, -0.1) is 0 Å². The van der Waals surface area contributed by atoms with Crippen LogP contribution < -0.4 is 4.72 Å². The fourth-order valence-electron chi connectivity index (χ4n) is 1.65. The van der Waals surface area contributed by atoms with Gasteiger partial charge in [0, 0.05) is 17.2 Å². The fraction of sp³-hybridized carbons (Fsp3) is 0.154. The first-order valence-corrected chi connectivity index (χ1v) is 8.41. The normalized spacial score (nSPS) is 11.6. The maximum atomic E-state index is 12.2. The van der Waals surface area contributed by atoms with Crippen LogP contribution in [0.3, 0.4) is 0 Å². The average Bonchev–Trinajstić information content (AvgIpc) is 2.40. The summed E-state index contributed by atoms with van der Waals surface area (Å²) in [5.74, 6) is 0. The molecular formula is C13H12BrClN2O2S. The number of rotatable bonds is 4. The zero-order valence-corrected chi connectivity index (χ0v) is 13.8. The van der Waals surface area contributed by atoms with E-state index in [1.165, 1.54) is 12.3 Å². The van der Waals surface area contributed by atoms with E-state index in [0.29, 0.717) is 4.47 Å². The van der Waals surface area contributed by atoms with Crippen molar-refractivity contribution in [1.29, 1.82) is 0 Å². The lowest BCUT2D eigenvalue weighted by Crippen LogP contribution is -2.24. The Bertz CT molecular complexity index is 735. The quantitative estimate of drug-likeness (QED) is 0.834. The maximum Gasteiger partial charge on any atom is 0.243 e. The molecule has 1 N–H and O–H groups in total. The van der Waals surface area contributed by atoms with Gasteiger partial charge in [-0.05, 0) is 40.0 Å². The van der Waals surface area contributed by atoms with Crippen LogP contribution in [0.15, 0.2) is 45.9 Å². The number of nitrogens with zero attached hydrogens (tertiary/aromatic N) is 1. The van der Waals surface area contributed by atoms with Crippen molar-refractivity contribution >= 4 is 37.6 Å². The van der Waals surface area contributed by atoms with E-state index < -0.39 is 10.0 Å². The summed E-state index contributed by atoms with van der Waals surface area (Å²) in [6.07, 6.45) is 1.45. The van der Waals surface area contributed by atoms with Crippen molar-refractivity contribution in [2.24, 2.45) is 0 Å². The molecule has 0 aliphatic carbocycles. The lowest BCUT2D eigenvalue weighted by Gasteiger charge is -2.09. The Morgan fingerprint density at radius 1 is 1.35 bits per heavy atom. The first-order valence-electron chi connectivity index (χ1n) is 5.75. The third-order valence-electron chi connectivity index (χ3n) is 2.78. The van der Waals surface area contributed by atoms with Gasteiger partial charge in [-0.2, -0.15) is 0 Å². The molecule has 1 heterocycles. The number of benzene rings is 1. The zero-order valence-electron chi connectivity index (χ0n) is 10.6. The van der Waals surface area contributed by atoms with Gasteiger partial charge in [0.2, 0.25) is 10.0 Å². The molecule has 0 amide bonds. The predicted molar refractivity (Wildman–Crippen MR) is 82.2 cm³/mol. The monoisotopic (exact) mass is 374 g/mol. The molecule has 0 unspecified atom stereocenters. The van der Waals surface area contributed by atoms with E-state index in [-0.39, 0.29) is 16.6 Å². The Balaban J connectivity index is 2.24. The predicted octanol–water partition coefficient (Wildman–Crippen LogP) is 3.28. The van der Waals surface area contributed by atoms with Gasteiger partial charge in [0.1, 0.15) is 10.0 Å². The molecule has 1 aromatic carbocycles. The van der Waals surface area contributed by atoms with Gasteiger partial charge < -0.3 is 0 Å². The molecule has 0 atom stereocenters. The summed E-state index contributed by atoms with van der Waals surface area (Å²) in [4.78, 5) is 3.78. The first-order chi connectivity index (χ1) is 9.40. The maximum absolute atomic E-state index is 12.2. The van der Waals surface area contributed by atoms with Crippen molar-refractivity contribution in [2.75, 3.05) is 0 Å². The smallest absolute Gasteiger partial charge is 0.242 e. The highest BCUT2D eigenvalue weighted by molar-refractivity contribution is 9.10. The molecule has 0 saturated carbocycles. The van der Waals surface area contributed by atoms with Crippen molar-refractivity contribution in [3.05, 3.63) is 57.3 Å². The molecule has 0 aliphatic heterocycles. The molecule has 0 aliphatic rings. The van der Waals surface area contributed by atoms with Crippen molar-refractivity contribution < 1.29 is 8.42 Å². The molecule has 0 saturated heterocycles. The Morgan fingerprint density at radius 3 is 2.75 bits per heavy atom. The second kappa shape index (κ2) is 6.22. The lowest BCUT2D eigenvalue weighted by atomic mass is 10.1. The lowest BCUT2D eigenvalue weighted by molar-refractivity contribution is 0.580. The van der Waals surface area contributed by atoms with E-state index in [0.717, 1.165) is 11.1 Å². The highest BCUT2D eigenvalue weighted by atomic mass is 79.9. The van der Waals surface area contributed by atoms with Gasteiger partial charge in [0.05, 0.1) is 0 Å². The van der Waals surface area contributed by atoms with Crippen LogP contribution in [0, 0.1) is 6.92 Å². The number of hydrogen-bond acceptors (Lipinski definition) is 3. The molecule has 0 spiro atoms. The van der Waals surface area contributed by atoms with Crippen LogP contribution in [-0.4, -0.2) is 13.4 Å². The van der Waals surface area contributed by atoms with Crippen molar-refractivity contribution in [2.45, 2.75) is 18.4 Å². The number of halogens is 2. The number of pyridine rings is 1. The Labute approximate surface area is 131 Å². The van der Waals surface area contributed by atoms with Crippen molar-refractivity contribution in [3.63, 3.8) is 0 Å². The van der Waals surface area contributed by atoms with Gasteiger partial charge in [0.25, 0.3) is 0 Å². The van der Waals surface area contributed by atoms with E-state index in [1.54, 1.807) is 0 Å². The summed E-state index contributed by atoms with van der Waals surface area (Å²) in [7, 11) is -3.70. The second-order valence-electron chi connectivity index (χ2n) is 4.19. The molecule has 0 radical (unpaired) electrons. The van der Waals surface area contributed by atoms with E-state index in [2.05, 4.69) is 25.6 Å². The largest absolute Gasteiger partial charge is 0.243 e. The molecule has 2 rings (SSSR count). The van der Waals surface area contributed by atoms with Crippen molar-refractivity contribution in [3.8, 4) is 0 Å². The molecule has 7 heteroatoms. The second-order valence-corrected chi connectivity index (χ2v) is 7.20. The van der Waals surface area contributed by atoms with Crippen LogP contribution in [0.25, 0.3) is 0 Å². The number of aryl methyl sites for hydroxylation is 1. The topological polar surface area (TPSA) is 59.1 Å². The minimum absolute atomic E-state index is 0.0397. The van der Waals surface area contributed by atoms with Crippen molar-refractivity contribution in [1.82, 2.24) is 9.71 Å². The SMILES string of the molecule is Cc1ccccc1CNS(=O)(=O)c1cc(Br)cnc1Cl. The van der Waals surface area contributed by atoms with Crippen LogP contribution >= 0.6 is 27.5 Å². The van der Waals surface area contributed by atoms with Crippen LogP contribution in [-0.2, 0) is 16.6 Å². The Hall–Kier alpha value is -0.950. The molecule has 2 aromatic rings. The van der Waals surface area contributed by atoms with Crippen LogP contribution in [0.5, 0.6) is 0 Å². The van der Waals surface area contributed by atoms with Crippen LogP contribution in [0.2, 0.25) is 5.15 Å². The summed E-state index contributed by atoms with van der Waals surface area (Å²) in [6, 6.07) is 9.00. The Kier molecular flexibility index (Phi) is 4.80. The van der Waals surface area contributed by atoms with E-state index >= 15 is 0 Å². The summed E-state index contributed by atoms with van der Waals surface area (Å²) in [5.41, 5.74) is 1.93. The number of sulfonamides is 1. The molecule has 0 fully saturated rings. The number of aromatic nitrogens is 1. The third kappa shape index (κ3) is 3.58. The minimum atomic E-state index is -3.70. The number of hydrogen-bond donors (Lipinski definition) is 1. The molecule has 4 nitrogen and oxygen atoms in total. The van der Waals surface area contributed by atoms with E-state index in [9.17, 15) is 8.42 Å². The standard InChI is InChI=1S/C13H12BrClN2O2S/c1-9-4-2-3-5-10(9)7-17-20(18,19)12-6-11(14)8-16-13(12)15/h2-6,8,17H,7H2,1H3. The van der Waals surface area contributed by atoms with Gasteiger partial charge in [-0.3, -0.25) is 0 Å². The van der Waals surface area contributed by atoms with Gasteiger partial charge in [0.15, 0.2) is 0 Å². The average molecular weight is 376 g/mol. The van der Waals surface area contributed by atoms with Gasteiger partial charge in [-0.25, -0.2) is 18.1 Å².